The summed E-state index contributed by atoms with van der Waals surface area (Å²) < 4.78 is 31.7. The number of aliphatic carboxylic acids is 2. The Balaban J connectivity index is 0.000000887. The molecule has 1 aliphatic heterocycles. The number of halogens is 3. The standard InChI is InChI=1S/C15H22N2O4.C2HF3O2/c1-4-6-10-8-11(15(20)21)17-13(10)14(16-9(3)18)12(19)7-5-2;3-2(4,5)1(6)7/h4-6,10-11,13-14,17H,2,7-8H2,1,3H3,(H,16,18)(H,20,21);(H,6,7)/b6-4-;/t10-,11-,13-,14+;/m1./s1. The molecule has 1 fully saturated rings. The molecule has 158 valence electrons. The highest BCUT2D eigenvalue weighted by Gasteiger charge is 2.42. The lowest BCUT2D eigenvalue weighted by Gasteiger charge is -2.26. The number of carboxylic acid groups (broad SMARTS) is 2. The minimum atomic E-state index is -5.08. The number of nitrogens with one attached hydrogen (secondary N) is 2. The fourth-order valence-electron chi connectivity index (χ4n) is 2.66. The summed E-state index contributed by atoms with van der Waals surface area (Å²) in [6.45, 7) is 6.70. The van der Waals surface area contributed by atoms with Gasteiger partial charge in [-0.3, -0.25) is 19.7 Å². The zero-order chi connectivity index (χ0) is 22.1. The SMILES string of the molecule is C=CCC(=O)[C@H](NC(C)=O)[C@@H]1N[C@@H](C(=O)O)C[C@H]1/C=C\C.O=C(O)C(F)(F)F. The van der Waals surface area contributed by atoms with E-state index in [4.69, 9.17) is 15.0 Å². The Morgan fingerprint density at radius 1 is 1.29 bits per heavy atom. The van der Waals surface area contributed by atoms with Crippen molar-refractivity contribution in [2.75, 3.05) is 0 Å². The summed E-state index contributed by atoms with van der Waals surface area (Å²) in [5, 5.41) is 21.9. The van der Waals surface area contributed by atoms with Gasteiger partial charge in [-0.05, 0) is 19.3 Å². The second-order valence-corrected chi connectivity index (χ2v) is 5.95. The Labute approximate surface area is 159 Å². The number of carboxylic acids is 2. The molecule has 1 aliphatic rings. The maximum atomic E-state index is 12.2. The van der Waals surface area contributed by atoms with Crippen molar-refractivity contribution in [3.05, 3.63) is 24.8 Å². The lowest BCUT2D eigenvalue weighted by Crippen LogP contribution is -2.55. The number of hydrogen-bond donors (Lipinski definition) is 4. The Bertz CT molecular complexity index is 633. The van der Waals surface area contributed by atoms with Crippen LogP contribution in [-0.2, 0) is 19.2 Å². The molecule has 1 rings (SSSR count). The van der Waals surface area contributed by atoms with Crippen LogP contribution >= 0.6 is 0 Å². The Morgan fingerprint density at radius 3 is 2.18 bits per heavy atom. The number of carbonyl (C=O) groups excluding carboxylic acids is 2. The second-order valence-electron chi connectivity index (χ2n) is 5.95. The van der Waals surface area contributed by atoms with E-state index in [0.29, 0.717) is 6.42 Å². The fraction of sp³-hybridized carbons (Fsp3) is 0.529. The van der Waals surface area contributed by atoms with Crippen LogP contribution in [0.2, 0.25) is 0 Å². The van der Waals surface area contributed by atoms with Gasteiger partial charge in [-0.2, -0.15) is 13.2 Å². The topological polar surface area (TPSA) is 133 Å². The molecule has 0 aliphatic carbocycles. The number of carbonyl (C=O) groups is 4. The van der Waals surface area contributed by atoms with Crippen LogP contribution in [0.3, 0.4) is 0 Å². The van der Waals surface area contributed by atoms with Crippen LogP contribution in [-0.4, -0.2) is 58.1 Å². The van der Waals surface area contributed by atoms with Gasteiger partial charge in [0.2, 0.25) is 5.91 Å². The van der Waals surface area contributed by atoms with E-state index in [1.54, 1.807) is 0 Å². The van der Waals surface area contributed by atoms with Gasteiger partial charge in [-0.25, -0.2) is 4.79 Å². The molecule has 8 nitrogen and oxygen atoms in total. The van der Waals surface area contributed by atoms with Crippen molar-refractivity contribution < 1.29 is 42.6 Å². The Hall–Kier alpha value is -2.69. The van der Waals surface area contributed by atoms with Crippen molar-refractivity contribution in [1.82, 2.24) is 10.6 Å². The molecular weight excluding hydrogens is 385 g/mol. The summed E-state index contributed by atoms with van der Waals surface area (Å²) in [6, 6.07) is -1.91. The molecule has 0 aromatic rings. The average Bonchev–Trinajstić information content (AvgIpc) is 2.96. The van der Waals surface area contributed by atoms with Crippen molar-refractivity contribution in [3.63, 3.8) is 0 Å². The summed E-state index contributed by atoms with van der Waals surface area (Å²) in [5.74, 6) is -4.34. The predicted octanol–water partition coefficient (Wildman–Crippen LogP) is 1.28. The third-order valence-electron chi connectivity index (χ3n) is 3.75. The van der Waals surface area contributed by atoms with E-state index in [0.717, 1.165) is 0 Å². The number of amides is 1. The van der Waals surface area contributed by atoms with Gasteiger partial charge in [-0.1, -0.05) is 18.2 Å². The van der Waals surface area contributed by atoms with Gasteiger partial charge in [0.05, 0.1) is 0 Å². The first-order chi connectivity index (χ1) is 12.8. The summed E-state index contributed by atoms with van der Waals surface area (Å²) in [4.78, 5) is 43.6. The lowest BCUT2D eigenvalue weighted by molar-refractivity contribution is -0.192. The van der Waals surface area contributed by atoms with E-state index in [9.17, 15) is 27.6 Å². The highest BCUT2D eigenvalue weighted by atomic mass is 19.4. The third-order valence-corrected chi connectivity index (χ3v) is 3.75. The minimum Gasteiger partial charge on any atom is -0.480 e. The van der Waals surface area contributed by atoms with Gasteiger partial charge in [0.15, 0.2) is 5.78 Å². The number of Topliss-reactive ketones (excluding diaryl/α,β-unsaturated/α-hetero) is 1. The molecule has 1 amide bonds. The number of hydrogen-bond acceptors (Lipinski definition) is 5. The molecule has 28 heavy (non-hydrogen) atoms. The molecule has 4 atom stereocenters. The molecule has 1 heterocycles. The number of allylic oxidation sites excluding steroid dienone is 2. The van der Waals surface area contributed by atoms with Gasteiger partial charge in [0.1, 0.15) is 12.1 Å². The Kier molecular flexibility index (Phi) is 10.1. The van der Waals surface area contributed by atoms with Crippen molar-refractivity contribution in [2.24, 2.45) is 5.92 Å². The van der Waals surface area contributed by atoms with E-state index < -0.39 is 36.2 Å². The molecule has 0 aromatic carbocycles. The maximum absolute atomic E-state index is 12.2. The molecule has 0 spiro atoms. The molecule has 0 aromatic heterocycles. The summed E-state index contributed by atoms with van der Waals surface area (Å²) in [7, 11) is 0. The van der Waals surface area contributed by atoms with Crippen LogP contribution in [0.25, 0.3) is 0 Å². The zero-order valence-electron chi connectivity index (χ0n) is 15.3. The van der Waals surface area contributed by atoms with Crippen LogP contribution in [0.1, 0.15) is 26.7 Å². The van der Waals surface area contributed by atoms with Crippen LogP contribution < -0.4 is 10.6 Å². The van der Waals surface area contributed by atoms with E-state index >= 15 is 0 Å². The van der Waals surface area contributed by atoms with Crippen LogP contribution in [0, 0.1) is 5.92 Å². The lowest BCUT2D eigenvalue weighted by atomic mass is 9.90. The van der Waals surface area contributed by atoms with E-state index in [2.05, 4.69) is 17.2 Å². The van der Waals surface area contributed by atoms with Crippen LogP contribution in [0.5, 0.6) is 0 Å². The first-order valence-electron chi connectivity index (χ1n) is 8.17. The highest BCUT2D eigenvalue weighted by Crippen LogP contribution is 2.25. The highest BCUT2D eigenvalue weighted by molar-refractivity contribution is 5.90. The summed E-state index contributed by atoms with van der Waals surface area (Å²) in [5.41, 5.74) is 0. The second kappa shape index (κ2) is 11.2. The first kappa shape index (κ1) is 25.3. The smallest absolute Gasteiger partial charge is 0.480 e. The average molecular weight is 408 g/mol. The summed E-state index contributed by atoms with van der Waals surface area (Å²) in [6.07, 6.45) is 0.611. The van der Waals surface area contributed by atoms with Crippen molar-refractivity contribution in [3.8, 4) is 0 Å². The molecule has 4 N–H and O–H groups in total. The first-order valence-corrected chi connectivity index (χ1v) is 8.17. The van der Waals surface area contributed by atoms with Gasteiger partial charge in [0.25, 0.3) is 0 Å². The quantitative estimate of drug-likeness (QED) is 0.467. The summed E-state index contributed by atoms with van der Waals surface area (Å²) >= 11 is 0. The van der Waals surface area contributed by atoms with Gasteiger partial charge < -0.3 is 15.5 Å². The van der Waals surface area contributed by atoms with Crippen LogP contribution in [0.4, 0.5) is 13.2 Å². The third kappa shape index (κ3) is 8.33. The molecule has 0 radical (unpaired) electrons. The molecule has 11 heteroatoms. The van der Waals surface area contributed by atoms with Gasteiger partial charge >= 0.3 is 18.1 Å². The molecule has 0 unspecified atom stereocenters. The number of alkyl halides is 3. The normalized spacial score (nSPS) is 22.7. The largest absolute Gasteiger partial charge is 0.490 e. The zero-order valence-corrected chi connectivity index (χ0v) is 15.3. The molecule has 0 saturated carbocycles. The van der Waals surface area contributed by atoms with Crippen LogP contribution in [0.15, 0.2) is 24.8 Å². The minimum absolute atomic E-state index is 0.123. The Morgan fingerprint density at radius 2 is 1.82 bits per heavy atom. The molecule has 0 bridgehead atoms. The number of ketones is 1. The van der Waals surface area contributed by atoms with E-state index in [1.807, 2.05) is 19.1 Å². The van der Waals surface area contributed by atoms with E-state index in [1.165, 1.54) is 13.0 Å². The maximum Gasteiger partial charge on any atom is 0.490 e. The molecule has 1 saturated heterocycles. The van der Waals surface area contributed by atoms with Gasteiger partial charge in [-0.15, -0.1) is 6.58 Å². The molecular formula is C17H23F3N2O6. The van der Waals surface area contributed by atoms with Crippen molar-refractivity contribution in [1.29, 1.82) is 0 Å². The predicted molar refractivity (Wildman–Crippen MR) is 92.4 cm³/mol. The number of rotatable bonds is 7. The van der Waals surface area contributed by atoms with Gasteiger partial charge in [0, 0.05) is 19.4 Å². The van der Waals surface area contributed by atoms with Crippen molar-refractivity contribution >= 4 is 23.6 Å². The van der Waals surface area contributed by atoms with E-state index in [-0.39, 0.29) is 24.0 Å². The monoisotopic (exact) mass is 408 g/mol. The fourth-order valence-corrected chi connectivity index (χ4v) is 2.66. The van der Waals surface area contributed by atoms with Crippen molar-refractivity contribution in [2.45, 2.75) is 51.0 Å².